The highest BCUT2D eigenvalue weighted by atomic mass is 19.1. The van der Waals surface area contributed by atoms with Gasteiger partial charge in [-0.15, -0.1) is 0 Å². The SMILES string of the molecule is O=C(c1ccc(CN2CC=CC2)cc1)c1cc(F)cc(F)c1. The van der Waals surface area contributed by atoms with Crippen LogP contribution in [-0.2, 0) is 6.54 Å². The number of rotatable bonds is 4. The molecule has 0 spiro atoms. The fraction of sp³-hybridized carbons (Fsp3) is 0.167. The molecule has 1 aliphatic rings. The molecule has 0 atom stereocenters. The monoisotopic (exact) mass is 299 g/mol. The molecule has 3 rings (SSSR count). The van der Waals surface area contributed by atoms with E-state index in [1.54, 1.807) is 12.1 Å². The van der Waals surface area contributed by atoms with Gasteiger partial charge in [-0.05, 0) is 17.7 Å². The van der Waals surface area contributed by atoms with Crippen LogP contribution in [0.25, 0.3) is 0 Å². The van der Waals surface area contributed by atoms with Crippen LogP contribution >= 0.6 is 0 Å². The number of hydrogen-bond donors (Lipinski definition) is 0. The van der Waals surface area contributed by atoms with Crippen molar-refractivity contribution in [3.05, 3.63) is 82.9 Å². The van der Waals surface area contributed by atoms with Gasteiger partial charge in [0, 0.05) is 36.8 Å². The Kier molecular flexibility index (Phi) is 4.11. The largest absolute Gasteiger partial charge is 0.292 e. The predicted octanol–water partition coefficient (Wildman–Crippen LogP) is 3.57. The van der Waals surface area contributed by atoms with Gasteiger partial charge in [0.1, 0.15) is 11.6 Å². The van der Waals surface area contributed by atoms with Gasteiger partial charge in [-0.25, -0.2) is 8.78 Å². The molecule has 1 aliphatic heterocycles. The van der Waals surface area contributed by atoms with Gasteiger partial charge in [0.15, 0.2) is 5.78 Å². The second-order valence-electron chi connectivity index (χ2n) is 5.35. The van der Waals surface area contributed by atoms with Gasteiger partial charge in [-0.1, -0.05) is 36.4 Å². The summed E-state index contributed by atoms with van der Waals surface area (Å²) < 4.78 is 26.4. The van der Waals surface area contributed by atoms with Crippen LogP contribution in [0.2, 0.25) is 0 Å². The van der Waals surface area contributed by atoms with E-state index in [-0.39, 0.29) is 11.3 Å². The normalized spacial score (nSPS) is 14.5. The second kappa shape index (κ2) is 6.20. The molecule has 0 N–H and O–H groups in total. The van der Waals surface area contributed by atoms with E-state index < -0.39 is 11.6 Å². The molecule has 0 saturated carbocycles. The van der Waals surface area contributed by atoms with E-state index in [1.165, 1.54) is 0 Å². The van der Waals surface area contributed by atoms with Gasteiger partial charge in [-0.3, -0.25) is 9.69 Å². The minimum Gasteiger partial charge on any atom is -0.292 e. The predicted molar refractivity (Wildman–Crippen MR) is 80.6 cm³/mol. The van der Waals surface area contributed by atoms with E-state index in [0.29, 0.717) is 5.56 Å². The molecule has 0 amide bonds. The number of carbonyl (C=O) groups is 1. The van der Waals surface area contributed by atoms with Gasteiger partial charge in [-0.2, -0.15) is 0 Å². The van der Waals surface area contributed by atoms with Gasteiger partial charge in [0.05, 0.1) is 0 Å². The van der Waals surface area contributed by atoms with Crippen LogP contribution in [0.5, 0.6) is 0 Å². The zero-order chi connectivity index (χ0) is 15.5. The van der Waals surface area contributed by atoms with Crippen LogP contribution in [0.4, 0.5) is 8.78 Å². The molecule has 0 unspecified atom stereocenters. The topological polar surface area (TPSA) is 20.3 Å². The first kappa shape index (κ1) is 14.6. The molecule has 2 aromatic rings. The smallest absolute Gasteiger partial charge is 0.193 e. The van der Waals surface area contributed by atoms with Crippen LogP contribution in [0, 0.1) is 11.6 Å². The summed E-state index contributed by atoms with van der Waals surface area (Å²) in [6.07, 6.45) is 4.24. The molecule has 0 aliphatic carbocycles. The van der Waals surface area contributed by atoms with Crippen LogP contribution in [0.3, 0.4) is 0 Å². The molecular weight excluding hydrogens is 284 g/mol. The average molecular weight is 299 g/mol. The van der Waals surface area contributed by atoms with Crippen molar-refractivity contribution in [3.63, 3.8) is 0 Å². The van der Waals surface area contributed by atoms with E-state index in [9.17, 15) is 13.6 Å². The number of hydrogen-bond acceptors (Lipinski definition) is 2. The maximum absolute atomic E-state index is 13.2. The summed E-state index contributed by atoms with van der Waals surface area (Å²) in [6.45, 7) is 2.68. The summed E-state index contributed by atoms with van der Waals surface area (Å²) in [6, 6.07) is 10.0. The first-order valence-corrected chi connectivity index (χ1v) is 7.09. The van der Waals surface area contributed by atoms with Crippen molar-refractivity contribution in [2.45, 2.75) is 6.54 Å². The highest BCUT2D eigenvalue weighted by Gasteiger charge is 2.12. The Morgan fingerprint density at radius 3 is 2.09 bits per heavy atom. The lowest BCUT2D eigenvalue weighted by atomic mass is 10.0. The highest BCUT2D eigenvalue weighted by molar-refractivity contribution is 6.08. The zero-order valence-corrected chi connectivity index (χ0v) is 11.9. The molecule has 0 aromatic heterocycles. The first-order chi connectivity index (χ1) is 10.6. The summed E-state index contributed by atoms with van der Waals surface area (Å²) in [7, 11) is 0. The van der Waals surface area contributed by atoms with Crippen molar-refractivity contribution in [3.8, 4) is 0 Å². The van der Waals surface area contributed by atoms with Crippen molar-refractivity contribution >= 4 is 5.78 Å². The van der Waals surface area contributed by atoms with E-state index in [1.807, 2.05) is 12.1 Å². The molecule has 22 heavy (non-hydrogen) atoms. The average Bonchev–Trinajstić information content (AvgIpc) is 2.99. The maximum atomic E-state index is 13.2. The molecule has 0 bridgehead atoms. The number of ketones is 1. The Labute approximate surface area is 127 Å². The quantitative estimate of drug-likeness (QED) is 0.635. The minimum absolute atomic E-state index is 0.0222. The fourth-order valence-electron chi connectivity index (χ4n) is 2.52. The van der Waals surface area contributed by atoms with Crippen LogP contribution in [0.1, 0.15) is 21.5 Å². The van der Waals surface area contributed by atoms with Crippen molar-refractivity contribution < 1.29 is 13.6 Å². The Bertz CT molecular complexity index is 694. The van der Waals surface area contributed by atoms with Crippen LogP contribution in [0.15, 0.2) is 54.6 Å². The molecule has 2 nitrogen and oxygen atoms in total. The molecule has 2 aromatic carbocycles. The Morgan fingerprint density at radius 2 is 1.50 bits per heavy atom. The number of halogens is 2. The standard InChI is InChI=1S/C18H15F2NO/c19-16-9-15(10-17(20)11-16)18(22)14-5-3-13(4-6-14)12-21-7-1-2-8-21/h1-6,9-11H,7-8,12H2. The number of benzene rings is 2. The molecule has 112 valence electrons. The Balaban J connectivity index is 1.75. The summed E-state index contributed by atoms with van der Waals surface area (Å²) in [5.74, 6) is -1.88. The Hall–Kier alpha value is -2.33. The van der Waals surface area contributed by atoms with E-state index in [0.717, 1.165) is 43.4 Å². The van der Waals surface area contributed by atoms with E-state index in [2.05, 4.69) is 17.1 Å². The van der Waals surface area contributed by atoms with Crippen molar-refractivity contribution in [2.75, 3.05) is 13.1 Å². The van der Waals surface area contributed by atoms with E-state index in [4.69, 9.17) is 0 Å². The third-order valence-corrected chi connectivity index (χ3v) is 3.64. The highest BCUT2D eigenvalue weighted by Crippen LogP contribution is 2.15. The molecule has 0 fully saturated rings. The number of nitrogens with zero attached hydrogens (tertiary/aromatic N) is 1. The van der Waals surface area contributed by atoms with Crippen LogP contribution < -0.4 is 0 Å². The molecule has 0 saturated heterocycles. The van der Waals surface area contributed by atoms with Gasteiger partial charge in [0.2, 0.25) is 0 Å². The molecule has 4 heteroatoms. The fourth-order valence-corrected chi connectivity index (χ4v) is 2.52. The van der Waals surface area contributed by atoms with Crippen LogP contribution in [-0.4, -0.2) is 23.8 Å². The molecule has 1 heterocycles. The third kappa shape index (κ3) is 3.28. The lowest BCUT2D eigenvalue weighted by Gasteiger charge is -2.14. The third-order valence-electron chi connectivity index (χ3n) is 3.64. The van der Waals surface area contributed by atoms with Crippen molar-refractivity contribution in [1.29, 1.82) is 0 Å². The lowest BCUT2D eigenvalue weighted by molar-refractivity contribution is 0.103. The van der Waals surface area contributed by atoms with Gasteiger partial charge in [0.25, 0.3) is 0 Å². The van der Waals surface area contributed by atoms with Gasteiger partial charge >= 0.3 is 0 Å². The van der Waals surface area contributed by atoms with Gasteiger partial charge < -0.3 is 0 Å². The second-order valence-corrected chi connectivity index (χ2v) is 5.35. The van der Waals surface area contributed by atoms with E-state index >= 15 is 0 Å². The summed E-state index contributed by atoms with van der Waals surface area (Å²) in [4.78, 5) is 14.5. The minimum atomic E-state index is -0.749. The first-order valence-electron chi connectivity index (χ1n) is 7.09. The molecule has 0 radical (unpaired) electrons. The summed E-state index contributed by atoms with van der Waals surface area (Å²) in [5.41, 5.74) is 1.55. The summed E-state index contributed by atoms with van der Waals surface area (Å²) >= 11 is 0. The van der Waals surface area contributed by atoms with Crippen molar-refractivity contribution in [1.82, 2.24) is 4.90 Å². The molecular formula is C18H15F2NO. The lowest BCUT2D eigenvalue weighted by Crippen LogP contribution is -2.19. The zero-order valence-electron chi connectivity index (χ0n) is 11.9. The summed E-state index contributed by atoms with van der Waals surface area (Å²) in [5, 5.41) is 0. The number of carbonyl (C=O) groups excluding carboxylic acids is 1. The Morgan fingerprint density at radius 1 is 0.909 bits per heavy atom. The van der Waals surface area contributed by atoms with Crippen molar-refractivity contribution in [2.24, 2.45) is 0 Å². The maximum Gasteiger partial charge on any atom is 0.193 e.